The van der Waals surface area contributed by atoms with Gasteiger partial charge in [0.1, 0.15) is 5.75 Å². The molecule has 6 heteroatoms. The van der Waals surface area contributed by atoms with Crippen LogP contribution in [0, 0.1) is 0 Å². The van der Waals surface area contributed by atoms with Gasteiger partial charge in [0.05, 0.1) is 18.2 Å². The van der Waals surface area contributed by atoms with Gasteiger partial charge in [0.2, 0.25) is 0 Å². The van der Waals surface area contributed by atoms with Crippen LogP contribution in [0.2, 0.25) is 0 Å². The third-order valence-electron chi connectivity index (χ3n) is 5.11. The van der Waals surface area contributed by atoms with Crippen LogP contribution in [-0.4, -0.2) is 36.9 Å². The van der Waals surface area contributed by atoms with Gasteiger partial charge in [0, 0.05) is 22.6 Å². The van der Waals surface area contributed by atoms with E-state index in [1.165, 1.54) is 10.5 Å². The number of rotatable bonds is 4. The highest BCUT2D eigenvalue weighted by Crippen LogP contribution is 2.38. The summed E-state index contributed by atoms with van der Waals surface area (Å²) in [5, 5.41) is 3.50. The van der Waals surface area contributed by atoms with Crippen molar-refractivity contribution in [2.45, 2.75) is 18.9 Å². The Balaban J connectivity index is 1.57. The van der Waals surface area contributed by atoms with Gasteiger partial charge in [-0.25, -0.2) is 0 Å². The second-order valence-electron chi connectivity index (χ2n) is 6.49. The number of imide groups is 1. The van der Waals surface area contributed by atoms with Gasteiger partial charge < -0.3 is 10.1 Å². The van der Waals surface area contributed by atoms with Crippen LogP contribution in [0.5, 0.6) is 5.75 Å². The second-order valence-corrected chi connectivity index (χ2v) is 7.35. The van der Waals surface area contributed by atoms with E-state index >= 15 is 0 Å². The number of hydrogen-bond acceptors (Lipinski definition) is 4. The van der Waals surface area contributed by atoms with E-state index in [1.807, 2.05) is 12.1 Å². The number of nitrogens with zero attached hydrogens (tertiary/aromatic N) is 1. The fourth-order valence-electron chi connectivity index (χ4n) is 3.85. The molecule has 5 nitrogen and oxygen atoms in total. The number of fused-ring (bicyclic) bond motifs is 2. The molecule has 1 atom stereocenters. The maximum atomic E-state index is 12.6. The molecule has 2 aromatic rings. The van der Waals surface area contributed by atoms with Crippen LogP contribution in [0.3, 0.4) is 0 Å². The number of ether oxygens (including phenoxy) is 1. The zero-order valence-electron chi connectivity index (χ0n) is 14.4. The number of benzene rings is 2. The third-order valence-corrected chi connectivity index (χ3v) is 5.86. The van der Waals surface area contributed by atoms with E-state index in [1.54, 1.807) is 31.4 Å². The maximum Gasteiger partial charge on any atom is 0.261 e. The Kier molecular flexibility index (Phi) is 4.54. The third kappa shape index (κ3) is 2.73. The molecule has 2 aliphatic heterocycles. The van der Waals surface area contributed by atoms with Crippen molar-refractivity contribution in [3.63, 3.8) is 0 Å². The number of amides is 2. The Morgan fingerprint density at radius 2 is 1.85 bits per heavy atom. The molecule has 0 aliphatic carbocycles. The van der Waals surface area contributed by atoms with Gasteiger partial charge in [-0.2, -0.15) is 0 Å². The summed E-state index contributed by atoms with van der Waals surface area (Å²) in [6.45, 7) is 1.23. The lowest BCUT2D eigenvalue weighted by Crippen LogP contribution is -2.36. The van der Waals surface area contributed by atoms with Gasteiger partial charge in [-0.15, -0.1) is 0 Å². The van der Waals surface area contributed by atoms with Gasteiger partial charge in [-0.3, -0.25) is 14.5 Å². The summed E-state index contributed by atoms with van der Waals surface area (Å²) in [7, 11) is 1.67. The Hall–Kier alpha value is -2.18. The van der Waals surface area contributed by atoms with Crippen LogP contribution in [0.15, 0.2) is 40.9 Å². The molecule has 2 aromatic carbocycles. The van der Waals surface area contributed by atoms with E-state index in [9.17, 15) is 9.59 Å². The molecular weight excluding hydrogens is 396 g/mol. The molecule has 0 spiro atoms. The molecule has 134 valence electrons. The van der Waals surface area contributed by atoms with E-state index in [0.29, 0.717) is 24.1 Å². The molecule has 0 saturated heterocycles. The Morgan fingerprint density at radius 3 is 2.50 bits per heavy atom. The van der Waals surface area contributed by atoms with Crippen LogP contribution in [0.25, 0.3) is 0 Å². The number of halogens is 1. The number of hydrogen-bond donors (Lipinski definition) is 1. The van der Waals surface area contributed by atoms with Crippen LogP contribution in [-0.2, 0) is 6.42 Å². The minimum Gasteiger partial charge on any atom is -0.496 e. The molecule has 2 amide bonds. The lowest BCUT2D eigenvalue weighted by Gasteiger charge is -2.30. The highest BCUT2D eigenvalue weighted by molar-refractivity contribution is 9.10. The van der Waals surface area contributed by atoms with Crippen LogP contribution in [0.4, 0.5) is 0 Å². The molecule has 1 N–H and O–H groups in total. The van der Waals surface area contributed by atoms with Gasteiger partial charge in [-0.05, 0) is 49.2 Å². The Morgan fingerprint density at radius 1 is 1.15 bits per heavy atom. The van der Waals surface area contributed by atoms with Gasteiger partial charge in [0.15, 0.2) is 0 Å². The fourth-order valence-corrected chi connectivity index (χ4v) is 4.39. The van der Waals surface area contributed by atoms with E-state index < -0.39 is 0 Å². The fraction of sp³-hybridized carbons (Fsp3) is 0.300. The molecule has 2 aliphatic rings. The normalized spacial score (nSPS) is 18.7. The molecule has 0 bridgehead atoms. The summed E-state index contributed by atoms with van der Waals surface area (Å²) in [6.07, 6.45) is 1.56. The smallest absolute Gasteiger partial charge is 0.261 e. The molecule has 2 heterocycles. The Bertz CT molecular complexity index is 862. The molecule has 0 saturated carbocycles. The molecule has 0 fully saturated rings. The van der Waals surface area contributed by atoms with Crippen molar-refractivity contribution in [2.24, 2.45) is 0 Å². The summed E-state index contributed by atoms with van der Waals surface area (Å²) in [5.41, 5.74) is 3.34. The summed E-state index contributed by atoms with van der Waals surface area (Å²) >= 11 is 3.63. The predicted molar refractivity (Wildman–Crippen MR) is 102 cm³/mol. The molecule has 0 aromatic heterocycles. The van der Waals surface area contributed by atoms with E-state index in [2.05, 4.69) is 21.2 Å². The van der Waals surface area contributed by atoms with Crippen molar-refractivity contribution in [1.29, 1.82) is 0 Å². The van der Waals surface area contributed by atoms with Crippen molar-refractivity contribution >= 4 is 27.7 Å². The van der Waals surface area contributed by atoms with Gasteiger partial charge in [0.25, 0.3) is 11.8 Å². The first-order chi connectivity index (χ1) is 12.6. The topological polar surface area (TPSA) is 58.6 Å². The van der Waals surface area contributed by atoms with Crippen molar-refractivity contribution in [3.05, 3.63) is 63.1 Å². The standard InChI is InChI=1S/C20H19BrN2O3/c1-26-17-7-6-15(21)14-8-10-22-16(18(14)17)9-11-23-19(24)12-4-2-3-5-13(12)20(23)25/h2-7,16,22H,8-11H2,1H3/t16-/m1/s1. The highest BCUT2D eigenvalue weighted by Gasteiger charge is 2.36. The second kappa shape index (κ2) is 6.85. The van der Waals surface area contributed by atoms with Crippen molar-refractivity contribution in [3.8, 4) is 5.75 Å². The molecular formula is C20H19BrN2O3. The van der Waals surface area contributed by atoms with Crippen LogP contribution in [0.1, 0.15) is 44.3 Å². The van der Waals surface area contributed by atoms with Gasteiger partial charge >= 0.3 is 0 Å². The SMILES string of the molecule is COc1ccc(Br)c2c1[C@@H](CCN1C(=O)c3ccccc3C1=O)NCC2. The Labute approximate surface area is 160 Å². The first-order valence-corrected chi connectivity index (χ1v) is 9.45. The zero-order valence-corrected chi connectivity index (χ0v) is 16.0. The summed E-state index contributed by atoms with van der Waals surface area (Å²) in [6, 6.07) is 11.0. The van der Waals surface area contributed by atoms with Crippen LogP contribution < -0.4 is 10.1 Å². The summed E-state index contributed by atoms with van der Waals surface area (Å²) in [4.78, 5) is 26.5. The minimum atomic E-state index is -0.206. The lowest BCUT2D eigenvalue weighted by atomic mass is 9.91. The molecule has 26 heavy (non-hydrogen) atoms. The van der Waals surface area contributed by atoms with Gasteiger partial charge in [-0.1, -0.05) is 28.1 Å². The number of nitrogens with one attached hydrogen (secondary N) is 1. The minimum absolute atomic E-state index is 0.0375. The molecule has 0 unspecified atom stereocenters. The van der Waals surface area contributed by atoms with E-state index in [0.717, 1.165) is 28.8 Å². The number of methoxy groups -OCH3 is 1. The van der Waals surface area contributed by atoms with E-state index in [-0.39, 0.29) is 17.9 Å². The maximum absolute atomic E-state index is 12.6. The quantitative estimate of drug-likeness (QED) is 0.779. The average Bonchev–Trinajstić information content (AvgIpc) is 2.91. The van der Waals surface area contributed by atoms with E-state index in [4.69, 9.17) is 4.74 Å². The number of carbonyl (C=O) groups excluding carboxylic acids is 2. The summed E-state index contributed by atoms with van der Waals surface area (Å²) < 4.78 is 6.62. The predicted octanol–water partition coefficient (Wildman–Crippen LogP) is 3.33. The molecule has 0 radical (unpaired) electrons. The highest BCUT2D eigenvalue weighted by atomic mass is 79.9. The lowest BCUT2D eigenvalue weighted by molar-refractivity contribution is 0.0647. The summed E-state index contributed by atoms with van der Waals surface area (Å²) in [5.74, 6) is 0.424. The monoisotopic (exact) mass is 414 g/mol. The van der Waals surface area contributed by atoms with Crippen molar-refractivity contribution < 1.29 is 14.3 Å². The largest absolute Gasteiger partial charge is 0.496 e. The zero-order chi connectivity index (χ0) is 18.3. The van der Waals surface area contributed by atoms with Crippen LogP contribution >= 0.6 is 15.9 Å². The van der Waals surface area contributed by atoms with Crippen molar-refractivity contribution in [2.75, 3.05) is 20.2 Å². The first-order valence-electron chi connectivity index (χ1n) is 8.65. The average molecular weight is 415 g/mol. The van der Waals surface area contributed by atoms with Crippen molar-refractivity contribution in [1.82, 2.24) is 10.2 Å². The number of carbonyl (C=O) groups is 2. The first kappa shape index (κ1) is 17.2. The molecule has 4 rings (SSSR count).